The molecular weight excluding hydrogens is 215 g/mol. The SMILES string of the molecule is C=C(CC)CC(O)c1cc(Cl)ccc1F. The predicted octanol–water partition coefficient (Wildman–Crippen LogP) is 3.87. The fraction of sp³-hybridized carbons (Fsp3) is 0.333. The Morgan fingerprint density at radius 3 is 2.87 bits per heavy atom. The topological polar surface area (TPSA) is 20.2 Å². The van der Waals surface area contributed by atoms with E-state index in [0.29, 0.717) is 11.4 Å². The van der Waals surface area contributed by atoms with Crippen molar-refractivity contribution in [2.24, 2.45) is 0 Å². The lowest BCUT2D eigenvalue weighted by Gasteiger charge is -2.13. The third kappa shape index (κ3) is 3.33. The van der Waals surface area contributed by atoms with Crippen LogP contribution in [0.15, 0.2) is 30.4 Å². The zero-order valence-corrected chi connectivity index (χ0v) is 9.39. The molecule has 1 aromatic carbocycles. The molecule has 0 saturated carbocycles. The molecule has 0 aliphatic rings. The van der Waals surface area contributed by atoms with Gasteiger partial charge in [-0.05, 0) is 31.0 Å². The van der Waals surface area contributed by atoms with Gasteiger partial charge < -0.3 is 5.11 Å². The van der Waals surface area contributed by atoms with E-state index in [0.717, 1.165) is 12.0 Å². The molecule has 15 heavy (non-hydrogen) atoms. The van der Waals surface area contributed by atoms with Gasteiger partial charge >= 0.3 is 0 Å². The molecule has 0 aromatic heterocycles. The van der Waals surface area contributed by atoms with Gasteiger partial charge in [0.05, 0.1) is 6.10 Å². The average molecular weight is 229 g/mol. The van der Waals surface area contributed by atoms with Gasteiger partial charge in [-0.3, -0.25) is 0 Å². The summed E-state index contributed by atoms with van der Waals surface area (Å²) in [4.78, 5) is 0. The fourth-order valence-electron chi connectivity index (χ4n) is 1.30. The number of hydrogen-bond donors (Lipinski definition) is 1. The van der Waals surface area contributed by atoms with Crippen LogP contribution < -0.4 is 0 Å². The van der Waals surface area contributed by atoms with E-state index in [1.54, 1.807) is 0 Å². The summed E-state index contributed by atoms with van der Waals surface area (Å²) in [6.07, 6.45) is 0.281. The van der Waals surface area contributed by atoms with Crippen molar-refractivity contribution in [1.29, 1.82) is 0 Å². The Balaban J connectivity index is 2.85. The molecule has 0 heterocycles. The highest BCUT2D eigenvalue weighted by Crippen LogP contribution is 2.26. The van der Waals surface area contributed by atoms with Crippen molar-refractivity contribution in [2.75, 3.05) is 0 Å². The van der Waals surface area contributed by atoms with Gasteiger partial charge in [0, 0.05) is 10.6 Å². The molecule has 0 fully saturated rings. The van der Waals surface area contributed by atoms with Crippen LogP contribution in [0.2, 0.25) is 5.02 Å². The minimum atomic E-state index is -0.865. The van der Waals surface area contributed by atoms with Crippen LogP contribution in [0.1, 0.15) is 31.4 Å². The molecule has 1 unspecified atom stereocenters. The van der Waals surface area contributed by atoms with Crippen LogP contribution in [0, 0.1) is 5.82 Å². The van der Waals surface area contributed by atoms with Crippen molar-refractivity contribution < 1.29 is 9.50 Å². The van der Waals surface area contributed by atoms with Gasteiger partial charge in [-0.2, -0.15) is 0 Å². The number of rotatable bonds is 4. The number of benzene rings is 1. The first-order chi connectivity index (χ1) is 7.04. The van der Waals surface area contributed by atoms with Crippen molar-refractivity contribution in [1.82, 2.24) is 0 Å². The van der Waals surface area contributed by atoms with Gasteiger partial charge in [0.15, 0.2) is 0 Å². The standard InChI is InChI=1S/C12H14ClFO/c1-3-8(2)6-12(15)10-7-9(13)4-5-11(10)14/h4-5,7,12,15H,2-3,6H2,1H3. The highest BCUT2D eigenvalue weighted by atomic mass is 35.5. The lowest BCUT2D eigenvalue weighted by atomic mass is 10.0. The molecule has 0 radical (unpaired) electrons. The van der Waals surface area contributed by atoms with Gasteiger partial charge in [0.1, 0.15) is 5.82 Å². The van der Waals surface area contributed by atoms with E-state index in [1.165, 1.54) is 18.2 Å². The van der Waals surface area contributed by atoms with Gasteiger partial charge in [-0.15, -0.1) is 0 Å². The first kappa shape index (κ1) is 12.2. The largest absolute Gasteiger partial charge is 0.388 e. The molecule has 1 nitrogen and oxygen atoms in total. The quantitative estimate of drug-likeness (QED) is 0.776. The molecule has 0 amide bonds. The molecule has 0 bridgehead atoms. The van der Waals surface area contributed by atoms with Crippen LogP contribution in [-0.2, 0) is 0 Å². The van der Waals surface area contributed by atoms with E-state index in [2.05, 4.69) is 6.58 Å². The lowest BCUT2D eigenvalue weighted by molar-refractivity contribution is 0.173. The van der Waals surface area contributed by atoms with E-state index < -0.39 is 11.9 Å². The minimum Gasteiger partial charge on any atom is -0.388 e. The lowest BCUT2D eigenvalue weighted by Crippen LogP contribution is -2.01. The second-order valence-electron chi connectivity index (χ2n) is 3.49. The Labute approximate surface area is 94.2 Å². The Kier molecular flexibility index (Phi) is 4.30. The molecule has 0 spiro atoms. The normalized spacial score (nSPS) is 12.5. The maximum Gasteiger partial charge on any atom is 0.129 e. The molecule has 0 aliphatic heterocycles. The maximum absolute atomic E-state index is 13.3. The van der Waals surface area contributed by atoms with E-state index >= 15 is 0 Å². The first-order valence-electron chi connectivity index (χ1n) is 4.84. The predicted molar refractivity (Wildman–Crippen MR) is 60.4 cm³/mol. The molecule has 82 valence electrons. The summed E-state index contributed by atoms with van der Waals surface area (Å²) in [6.45, 7) is 5.72. The van der Waals surface area contributed by atoms with E-state index in [-0.39, 0.29) is 5.56 Å². The maximum atomic E-state index is 13.3. The molecule has 1 atom stereocenters. The molecule has 1 N–H and O–H groups in total. The molecule has 1 aromatic rings. The molecule has 3 heteroatoms. The second-order valence-corrected chi connectivity index (χ2v) is 3.93. The van der Waals surface area contributed by atoms with Crippen LogP contribution in [0.3, 0.4) is 0 Å². The number of halogens is 2. The van der Waals surface area contributed by atoms with Crippen LogP contribution >= 0.6 is 11.6 Å². The van der Waals surface area contributed by atoms with Crippen molar-refractivity contribution in [2.45, 2.75) is 25.9 Å². The monoisotopic (exact) mass is 228 g/mol. The Morgan fingerprint density at radius 1 is 1.60 bits per heavy atom. The van der Waals surface area contributed by atoms with Crippen LogP contribution in [-0.4, -0.2) is 5.11 Å². The fourth-order valence-corrected chi connectivity index (χ4v) is 1.48. The smallest absolute Gasteiger partial charge is 0.129 e. The first-order valence-corrected chi connectivity index (χ1v) is 5.22. The zero-order valence-electron chi connectivity index (χ0n) is 8.63. The van der Waals surface area contributed by atoms with Crippen LogP contribution in [0.25, 0.3) is 0 Å². The Bertz CT molecular complexity index is 363. The molecular formula is C12H14ClFO. The van der Waals surface area contributed by atoms with E-state index in [9.17, 15) is 9.50 Å². The highest BCUT2D eigenvalue weighted by molar-refractivity contribution is 6.30. The summed E-state index contributed by atoms with van der Waals surface area (Å²) in [5.74, 6) is -0.434. The summed E-state index contributed by atoms with van der Waals surface area (Å²) >= 11 is 5.73. The number of hydrogen-bond acceptors (Lipinski definition) is 1. The summed E-state index contributed by atoms with van der Waals surface area (Å²) in [5, 5.41) is 10.2. The van der Waals surface area contributed by atoms with Crippen molar-refractivity contribution in [3.05, 3.63) is 46.8 Å². The number of aliphatic hydroxyl groups is 1. The summed E-state index contributed by atoms with van der Waals surface area (Å²) in [7, 11) is 0. The summed E-state index contributed by atoms with van der Waals surface area (Å²) in [6, 6.07) is 4.17. The van der Waals surface area contributed by atoms with Crippen molar-refractivity contribution >= 4 is 11.6 Å². The number of aliphatic hydroxyl groups excluding tert-OH is 1. The van der Waals surface area contributed by atoms with Gasteiger partial charge in [-0.25, -0.2) is 4.39 Å². The molecule has 0 aliphatic carbocycles. The van der Waals surface area contributed by atoms with Gasteiger partial charge in [0.25, 0.3) is 0 Å². The Hall–Kier alpha value is -0.860. The second kappa shape index (κ2) is 5.29. The van der Waals surface area contributed by atoms with Gasteiger partial charge in [0.2, 0.25) is 0 Å². The average Bonchev–Trinajstić information content (AvgIpc) is 2.21. The van der Waals surface area contributed by atoms with Gasteiger partial charge in [-0.1, -0.05) is 30.7 Å². The van der Waals surface area contributed by atoms with Crippen molar-refractivity contribution in [3.63, 3.8) is 0 Å². The molecule has 1 rings (SSSR count). The van der Waals surface area contributed by atoms with Crippen LogP contribution in [0.5, 0.6) is 0 Å². The van der Waals surface area contributed by atoms with E-state index in [4.69, 9.17) is 11.6 Å². The highest BCUT2D eigenvalue weighted by Gasteiger charge is 2.13. The molecule has 0 saturated heterocycles. The van der Waals surface area contributed by atoms with Crippen molar-refractivity contribution in [3.8, 4) is 0 Å². The summed E-state index contributed by atoms with van der Waals surface area (Å²) < 4.78 is 13.3. The Morgan fingerprint density at radius 2 is 2.27 bits per heavy atom. The third-order valence-electron chi connectivity index (χ3n) is 2.30. The van der Waals surface area contributed by atoms with E-state index in [1.807, 2.05) is 6.92 Å². The zero-order chi connectivity index (χ0) is 11.4. The van der Waals surface area contributed by atoms with Crippen LogP contribution in [0.4, 0.5) is 4.39 Å². The third-order valence-corrected chi connectivity index (χ3v) is 2.53. The minimum absolute atomic E-state index is 0.233. The summed E-state index contributed by atoms with van der Waals surface area (Å²) in [5.41, 5.74) is 1.12.